The molecule has 0 spiro atoms. The van der Waals surface area contributed by atoms with Crippen molar-refractivity contribution in [3.8, 4) is 0 Å². The first-order valence-electron chi connectivity index (χ1n) is 6.72. The van der Waals surface area contributed by atoms with Gasteiger partial charge in [-0.3, -0.25) is 4.84 Å². The first-order chi connectivity index (χ1) is 8.53. The Morgan fingerprint density at radius 2 is 2.06 bits per heavy atom. The van der Waals surface area contributed by atoms with Gasteiger partial charge >= 0.3 is 0 Å². The lowest BCUT2D eigenvalue weighted by molar-refractivity contribution is -0.266. The summed E-state index contributed by atoms with van der Waals surface area (Å²) >= 11 is 0. The van der Waals surface area contributed by atoms with E-state index in [9.17, 15) is 0 Å². The van der Waals surface area contributed by atoms with Gasteiger partial charge in [0.15, 0.2) is 6.29 Å². The van der Waals surface area contributed by atoms with E-state index >= 15 is 0 Å². The Labute approximate surface area is 109 Å². The quantitative estimate of drug-likeness (QED) is 0.761. The molecule has 1 aromatic rings. The molecule has 1 fully saturated rings. The van der Waals surface area contributed by atoms with Crippen molar-refractivity contribution in [2.45, 2.75) is 51.5 Å². The monoisotopic (exact) mass is 247 g/mol. The van der Waals surface area contributed by atoms with Crippen LogP contribution in [0.3, 0.4) is 0 Å². The van der Waals surface area contributed by atoms with Crippen LogP contribution in [-0.2, 0) is 16.0 Å². The molecule has 1 aromatic carbocycles. The molecule has 3 nitrogen and oxygen atoms in total. The zero-order chi connectivity index (χ0) is 12.8. The van der Waals surface area contributed by atoms with E-state index in [2.05, 4.69) is 50.1 Å². The van der Waals surface area contributed by atoms with Crippen LogP contribution in [0, 0.1) is 0 Å². The first-order valence-corrected chi connectivity index (χ1v) is 6.72. The lowest BCUT2D eigenvalue weighted by atomic mass is 9.93. The molecule has 2 atom stereocenters. The second-order valence-corrected chi connectivity index (χ2v) is 6.11. The smallest absolute Gasteiger partial charge is 0.180 e. The van der Waals surface area contributed by atoms with Crippen molar-refractivity contribution in [2.75, 3.05) is 6.54 Å². The second kappa shape index (κ2) is 4.34. The summed E-state index contributed by atoms with van der Waals surface area (Å²) in [5.74, 6) is 0. The Morgan fingerprint density at radius 3 is 2.83 bits per heavy atom. The van der Waals surface area contributed by atoms with Gasteiger partial charge in [0.2, 0.25) is 0 Å². The number of hydrogen-bond acceptors (Lipinski definition) is 3. The minimum Gasteiger partial charge on any atom is -0.345 e. The molecule has 3 heteroatoms. The average molecular weight is 247 g/mol. The van der Waals surface area contributed by atoms with Gasteiger partial charge in [-0.05, 0) is 38.3 Å². The Hall–Kier alpha value is -0.900. The standard InChI is InChI=1S/C15H21NO2/c1-15(2,3)17-14-10-13-12-7-5-4-6-11(12)8-9-16(13)18-14/h4-7,13-14H,8-10H2,1-3H3/t13-,14-/m0/s1. The molecule has 0 N–H and O–H groups in total. The molecule has 0 radical (unpaired) electrons. The van der Waals surface area contributed by atoms with Gasteiger partial charge in [-0.25, -0.2) is 0 Å². The van der Waals surface area contributed by atoms with E-state index in [0.717, 1.165) is 19.4 Å². The lowest BCUT2D eigenvalue weighted by Crippen LogP contribution is -2.31. The maximum Gasteiger partial charge on any atom is 0.180 e. The van der Waals surface area contributed by atoms with Gasteiger partial charge in [0.05, 0.1) is 11.6 Å². The van der Waals surface area contributed by atoms with Crippen LogP contribution >= 0.6 is 0 Å². The molecule has 98 valence electrons. The number of benzene rings is 1. The molecule has 3 rings (SSSR count). The number of fused-ring (bicyclic) bond motifs is 3. The van der Waals surface area contributed by atoms with Crippen LogP contribution < -0.4 is 0 Å². The number of rotatable bonds is 1. The molecule has 0 aromatic heterocycles. The van der Waals surface area contributed by atoms with Crippen LogP contribution in [0.2, 0.25) is 0 Å². The van der Waals surface area contributed by atoms with Crippen LogP contribution in [0.5, 0.6) is 0 Å². The molecule has 1 saturated heterocycles. The third-order valence-corrected chi connectivity index (χ3v) is 3.52. The third kappa shape index (κ3) is 2.30. The molecule has 2 heterocycles. The van der Waals surface area contributed by atoms with Crippen molar-refractivity contribution in [3.05, 3.63) is 35.4 Å². The number of nitrogens with zero attached hydrogens (tertiary/aromatic N) is 1. The van der Waals surface area contributed by atoms with Crippen molar-refractivity contribution in [1.82, 2.24) is 5.06 Å². The largest absolute Gasteiger partial charge is 0.345 e. The minimum atomic E-state index is -0.154. The van der Waals surface area contributed by atoms with E-state index < -0.39 is 0 Å². The van der Waals surface area contributed by atoms with Crippen molar-refractivity contribution >= 4 is 0 Å². The van der Waals surface area contributed by atoms with E-state index in [4.69, 9.17) is 9.57 Å². The summed E-state index contributed by atoms with van der Waals surface area (Å²) in [6.45, 7) is 7.18. The normalized spacial score (nSPS) is 27.9. The molecule has 0 aliphatic carbocycles. The average Bonchev–Trinajstić information content (AvgIpc) is 2.69. The summed E-state index contributed by atoms with van der Waals surface area (Å²) in [6.07, 6.45) is 1.88. The van der Waals surface area contributed by atoms with E-state index in [-0.39, 0.29) is 11.9 Å². The van der Waals surface area contributed by atoms with Gasteiger partial charge in [0.25, 0.3) is 0 Å². The summed E-state index contributed by atoms with van der Waals surface area (Å²) in [5.41, 5.74) is 2.71. The van der Waals surface area contributed by atoms with Crippen LogP contribution in [0.25, 0.3) is 0 Å². The molecule has 2 aliphatic rings. The second-order valence-electron chi connectivity index (χ2n) is 6.11. The van der Waals surface area contributed by atoms with Crippen LogP contribution in [-0.4, -0.2) is 23.5 Å². The van der Waals surface area contributed by atoms with Crippen molar-refractivity contribution in [3.63, 3.8) is 0 Å². The van der Waals surface area contributed by atoms with Crippen molar-refractivity contribution in [1.29, 1.82) is 0 Å². The van der Waals surface area contributed by atoms with Gasteiger partial charge in [-0.1, -0.05) is 24.3 Å². The van der Waals surface area contributed by atoms with Gasteiger partial charge in [0, 0.05) is 13.0 Å². The molecular formula is C15H21NO2. The summed E-state index contributed by atoms with van der Waals surface area (Å²) < 4.78 is 5.94. The number of hydroxylamine groups is 2. The van der Waals surface area contributed by atoms with Crippen LogP contribution in [0.1, 0.15) is 44.4 Å². The fourth-order valence-corrected chi connectivity index (χ4v) is 2.84. The SMILES string of the molecule is CC(C)(C)O[C@@H]1C[C@H]2c3ccccc3CCN2O1. The summed E-state index contributed by atoms with van der Waals surface area (Å²) in [7, 11) is 0. The molecule has 0 unspecified atom stereocenters. The van der Waals surface area contributed by atoms with Crippen molar-refractivity contribution < 1.29 is 9.57 Å². The van der Waals surface area contributed by atoms with E-state index in [1.165, 1.54) is 11.1 Å². The summed E-state index contributed by atoms with van der Waals surface area (Å²) in [5, 5.41) is 2.10. The van der Waals surface area contributed by atoms with Gasteiger partial charge in [-0.2, -0.15) is 5.06 Å². The Bertz CT molecular complexity index is 438. The van der Waals surface area contributed by atoms with Gasteiger partial charge < -0.3 is 4.74 Å². The number of ether oxygens (including phenoxy) is 1. The molecule has 0 amide bonds. The van der Waals surface area contributed by atoms with E-state index in [1.807, 2.05) is 0 Å². The highest BCUT2D eigenvalue weighted by Gasteiger charge is 2.39. The fourth-order valence-electron chi connectivity index (χ4n) is 2.84. The molecule has 0 saturated carbocycles. The maximum atomic E-state index is 5.94. The van der Waals surface area contributed by atoms with Crippen LogP contribution in [0.15, 0.2) is 24.3 Å². The molecule has 0 bridgehead atoms. The predicted octanol–water partition coefficient (Wildman–Crippen LogP) is 3.06. The number of hydrogen-bond donors (Lipinski definition) is 0. The highest BCUT2D eigenvalue weighted by atomic mass is 16.8. The van der Waals surface area contributed by atoms with Gasteiger partial charge in [0.1, 0.15) is 0 Å². The van der Waals surface area contributed by atoms with E-state index in [0.29, 0.717) is 6.04 Å². The zero-order valence-electron chi connectivity index (χ0n) is 11.3. The third-order valence-electron chi connectivity index (χ3n) is 3.52. The Kier molecular flexibility index (Phi) is 2.93. The molecule has 2 aliphatic heterocycles. The molecular weight excluding hydrogens is 226 g/mol. The zero-order valence-corrected chi connectivity index (χ0v) is 11.3. The maximum absolute atomic E-state index is 5.94. The van der Waals surface area contributed by atoms with Gasteiger partial charge in [-0.15, -0.1) is 0 Å². The Balaban J connectivity index is 1.78. The lowest BCUT2D eigenvalue weighted by Gasteiger charge is -2.29. The van der Waals surface area contributed by atoms with Crippen molar-refractivity contribution in [2.24, 2.45) is 0 Å². The van der Waals surface area contributed by atoms with Crippen LogP contribution in [0.4, 0.5) is 0 Å². The summed E-state index contributed by atoms with van der Waals surface area (Å²) in [6, 6.07) is 9.04. The molecule has 18 heavy (non-hydrogen) atoms. The first kappa shape index (κ1) is 12.2. The minimum absolute atomic E-state index is 0.110. The topological polar surface area (TPSA) is 21.7 Å². The summed E-state index contributed by atoms with van der Waals surface area (Å²) in [4.78, 5) is 5.91. The highest BCUT2D eigenvalue weighted by molar-refractivity contribution is 5.32. The predicted molar refractivity (Wildman–Crippen MR) is 69.9 cm³/mol. The fraction of sp³-hybridized carbons (Fsp3) is 0.600. The highest BCUT2D eigenvalue weighted by Crippen LogP contribution is 2.40. The van der Waals surface area contributed by atoms with E-state index in [1.54, 1.807) is 0 Å². The Morgan fingerprint density at radius 1 is 1.28 bits per heavy atom.